The summed E-state index contributed by atoms with van der Waals surface area (Å²) in [6.45, 7) is 8.03. The molecule has 2 nitrogen and oxygen atoms in total. The zero-order chi connectivity index (χ0) is 15.8. The average Bonchev–Trinajstić information content (AvgIpc) is 2.44. The van der Waals surface area contributed by atoms with E-state index in [-0.39, 0.29) is 0 Å². The number of hydrogen-bond donors (Lipinski definition) is 0. The summed E-state index contributed by atoms with van der Waals surface area (Å²) in [5.41, 5.74) is 3.07. The first-order valence-electron chi connectivity index (χ1n) is 8.41. The molecule has 0 saturated carbocycles. The van der Waals surface area contributed by atoms with E-state index in [4.69, 9.17) is 0 Å². The smallest absolute Gasteiger partial charge is 0.0350 e. The Morgan fingerprint density at radius 1 is 1.05 bits per heavy atom. The molecule has 0 fully saturated rings. The monoisotopic (exact) mass is 290 g/mol. The van der Waals surface area contributed by atoms with Crippen molar-refractivity contribution in [2.45, 2.75) is 58.5 Å². The van der Waals surface area contributed by atoms with Gasteiger partial charge in [0.1, 0.15) is 0 Å². The lowest BCUT2D eigenvalue weighted by Crippen LogP contribution is -2.31. The maximum absolute atomic E-state index is 2.52. The summed E-state index contributed by atoms with van der Waals surface area (Å²) in [6.07, 6.45) is 4.88. The Hall–Kier alpha value is -0.860. The number of nitrogens with zero attached hydrogens (tertiary/aromatic N) is 2. The van der Waals surface area contributed by atoms with Crippen LogP contribution < -0.4 is 0 Å². The molecule has 0 saturated heterocycles. The Kier molecular flexibility index (Phi) is 7.98. The van der Waals surface area contributed by atoms with E-state index in [1.54, 1.807) is 0 Å². The van der Waals surface area contributed by atoms with E-state index >= 15 is 0 Å². The van der Waals surface area contributed by atoms with Crippen LogP contribution in [0.2, 0.25) is 0 Å². The molecule has 1 rings (SSSR count). The second-order valence-corrected chi connectivity index (χ2v) is 6.67. The Labute approximate surface area is 132 Å². The molecule has 0 amide bonds. The van der Waals surface area contributed by atoms with Gasteiger partial charge in [0.05, 0.1) is 0 Å². The topological polar surface area (TPSA) is 6.48 Å². The highest BCUT2D eigenvalue weighted by atomic mass is 15.1. The van der Waals surface area contributed by atoms with Gasteiger partial charge in [-0.25, -0.2) is 0 Å². The van der Waals surface area contributed by atoms with Crippen molar-refractivity contribution >= 4 is 0 Å². The van der Waals surface area contributed by atoms with Gasteiger partial charge < -0.3 is 4.90 Å². The van der Waals surface area contributed by atoms with Crippen molar-refractivity contribution < 1.29 is 0 Å². The first kappa shape index (κ1) is 18.2. The number of benzene rings is 1. The second kappa shape index (κ2) is 9.22. The average molecular weight is 290 g/mol. The van der Waals surface area contributed by atoms with Crippen LogP contribution in [0.25, 0.3) is 0 Å². The predicted octanol–water partition coefficient (Wildman–Crippen LogP) is 4.36. The lowest BCUT2D eigenvalue weighted by atomic mass is 9.93. The van der Waals surface area contributed by atoms with Gasteiger partial charge in [-0.2, -0.15) is 0 Å². The van der Waals surface area contributed by atoms with Gasteiger partial charge >= 0.3 is 0 Å². The van der Waals surface area contributed by atoms with Crippen molar-refractivity contribution in [3.05, 3.63) is 35.4 Å². The minimum absolute atomic E-state index is 0.547. The van der Waals surface area contributed by atoms with Crippen molar-refractivity contribution in [1.82, 2.24) is 9.80 Å². The molecule has 0 heterocycles. The zero-order valence-electron chi connectivity index (χ0n) is 14.9. The van der Waals surface area contributed by atoms with Crippen LogP contribution in [0, 0.1) is 0 Å². The van der Waals surface area contributed by atoms with E-state index in [9.17, 15) is 0 Å². The van der Waals surface area contributed by atoms with E-state index in [1.807, 2.05) is 0 Å². The lowest BCUT2D eigenvalue weighted by Gasteiger charge is -2.33. The second-order valence-electron chi connectivity index (χ2n) is 6.67. The third-order valence-corrected chi connectivity index (χ3v) is 4.33. The van der Waals surface area contributed by atoms with Crippen LogP contribution in [0.3, 0.4) is 0 Å². The van der Waals surface area contributed by atoms with Crippen LogP contribution >= 0.6 is 0 Å². The fourth-order valence-electron chi connectivity index (χ4n) is 2.88. The Bertz CT molecular complexity index is 398. The fourth-order valence-corrected chi connectivity index (χ4v) is 2.88. The Morgan fingerprint density at radius 3 is 2.29 bits per heavy atom. The van der Waals surface area contributed by atoms with E-state index in [2.05, 4.69) is 76.0 Å². The van der Waals surface area contributed by atoms with Crippen molar-refractivity contribution in [1.29, 1.82) is 0 Å². The van der Waals surface area contributed by atoms with Gasteiger partial charge in [-0.1, -0.05) is 37.6 Å². The summed E-state index contributed by atoms with van der Waals surface area (Å²) in [5, 5.41) is 0. The first-order chi connectivity index (χ1) is 9.97. The molecule has 1 aromatic rings. The third kappa shape index (κ3) is 5.80. The van der Waals surface area contributed by atoms with Crippen molar-refractivity contribution in [3.8, 4) is 0 Å². The zero-order valence-corrected chi connectivity index (χ0v) is 14.9. The van der Waals surface area contributed by atoms with Crippen molar-refractivity contribution in [2.24, 2.45) is 0 Å². The quantitative estimate of drug-likeness (QED) is 0.666. The first-order valence-corrected chi connectivity index (χ1v) is 8.41. The van der Waals surface area contributed by atoms with Gasteiger partial charge in [-0.3, -0.25) is 4.90 Å². The molecule has 0 aromatic heterocycles. The normalized spacial score (nSPS) is 13.4. The van der Waals surface area contributed by atoms with Crippen LogP contribution in [0.15, 0.2) is 24.3 Å². The molecule has 1 atom stereocenters. The molecule has 0 spiro atoms. The molecule has 2 heteroatoms. The maximum atomic E-state index is 2.52. The highest BCUT2D eigenvalue weighted by Gasteiger charge is 2.20. The molecule has 0 aliphatic rings. The van der Waals surface area contributed by atoms with E-state index in [0.29, 0.717) is 12.1 Å². The van der Waals surface area contributed by atoms with E-state index < -0.39 is 0 Å². The van der Waals surface area contributed by atoms with Crippen molar-refractivity contribution in [2.75, 3.05) is 27.7 Å². The molecule has 0 N–H and O–H groups in total. The summed E-state index contributed by atoms with van der Waals surface area (Å²) in [6, 6.07) is 10.2. The Balaban J connectivity index is 2.91. The Morgan fingerprint density at radius 2 is 1.71 bits per heavy atom. The van der Waals surface area contributed by atoms with Crippen LogP contribution in [0.5, 0.6) is 0 Å². The van der Waals surface area contributed by atoms with E-state index in [1.165, 1.54) is 36.8 Å². The summed E-state index contributed by atoms with van der Waals surface area (Å²) in [7, 11) is 6.57. The molecule has 1 aromatic carbocycles. The predicted molar refractivity (Wildman–Crippen MR) is 93.9 cm³/mol. The minimum atomic E-state index is 0.547. The summed E-state index contributed by atoms with van der Waals surface area (Å²) in [5.74, 6) is 0. The van der Waals surface area contributed by atoms with Crippen LogP contribution in [-0.2, 0) is 6.42 Å². The molecular weight excluding hydrogens is 256 g/mol. The van der Waals surface area contributed by atoms with Crippen LogP contribution in [0.1, 0.15) is 57.2 Å². The highest BCUT2D eigenvalue weighted by molar-refractivity contribution is 5.30. The SMILES string of the molecule is CCCC(c1ccccc1CCCN(C)C)N(C)C(C)C. The number of rotatable bonds is 9. The molecule has 0 radical (unpaired) electrons. The number of hydrogen-bond acceptors (Lipinski definition) is 2. The summed E-state index contributed by atoms with van der Waals surface area (Å²) < 4.78 is 0. The summed E-state index contributed by atoms with van der Waals surface area (Å²) in [4.78, 5) is 4.79. The largest absolute Gasteiger partial charge is 0.309 e. The summed E-state index contributed by atoms with van der Waals surface area (Å²) >= 11 is 0. The van der Waals surface area contributed by atoms with E-state index in [0.717, 1.165) is 6.54 Å². The maximum Gasteiger partial charge on any atom is 0.0350 e. The minimum Gasteiger partial charge on any atom is -0.309 e. The van der Waals surface area contributed by atoms with Gasteiger partial charge in [0.25, 0.3) is 0 Å². The van der Waals surface area contributed by atoms with Gasteiger partial charge in [-0.05, 0) is 71.9 Å². The van der Waals surface area contributed by atoms with Crippen molar-refractivity contribution in [3.63, 3.8) is 0 Å². The van der Waals surface area contributed by atoms with Crippen LogP contribution in [-0.4, -0.2) is 43.5 Å². The molecule has 120 valence electrons. The molecule has 0 aliphatic heterocycles. The third-order valence-electron chi connectivity index (χ3n) is 4.33. The van der Waals surface area contributed by atoms with Gasteiger partial charge in [0.15, 0.2) is 0 Å². The molecule has 0 aliphatic carbocycles. The van der Waals surface area contributed by atoms with Gasteiger partial charge in [0.2, 0.25) is 0 Å². The molecule has 21 heavy (non-hydrogen) atoms. The fraction of sp³-hybridized carbons (Fsp3) is 0.684. The van der Waals surface area contributed by atoms with Gasteiger partial charge in [0, 0.05) is 12.1 Å². The molecule has 1 unspecified atom stereocenters. The molecular formula is C19H34N2. The lowest BCUT2D eigenvalue weighted by molar-refractivity contribution is 0.185. The highest BCUT2D eigenvalue weighted by Crippen LogP contribution is 2.29. The van der Waals surface area contributed by atoms with Crippen LogP contribution in [0.4, 0.5) is 0 Å². The number of aryl methyl sites for hydroxylation is 1. The standard InChI is InChI=1S/C19H34N2/c1-7-11-19(21(6)16(2)3)18-14-9-8-12-17(18)13-10-15-20(4)5/h8-9,12,14,16,19H,7,10-11,13,15H2,1-6H3. The molecule has 0 bridgehead atoms. The van der Waals surface area contributed by atoms with Gasteiger partial charge in [-0.15, -0.1) is 0 Å².